The average molecular weight is 502 g/mol. The highest BCUT2D eigenvalue weighted by Crippen LogP contribution is 2.20. The van der Waals surface area contributed by atoms with Crippen LogP contribution in [0.5, 0.6) is 0 Å². The number of rotatable bonds is 9. The largest absolute Gasteiger partial charge is 0.444 e. The Bertz CT molecular complexity index is 1430. The summed E-state index contributed by atoms with van der Waals surface area (Å²) in [5, 5.41) is 4.22. The van der Waals surface area contributed by atoms with Crippen LogP contribution in [0, 0.1) is 0 Å². The minimum atomic E-state index is -0.544. The molecule has 194 valence electrons. The number of ether oxygens (including phenoxy) is 1. The molecule has 0 saturated heterocycles. The van der Waals surface area contributed by atoms with Gasteiger partial charge in [-0.1, -0.05) is 55.5 Å². The quantitative estimate of drug-likeness (QED) is 0.253. The van der Waals surface area contributed by atoms with Gasteiger partial charge in [0.25, 0.3) is 5.56 Å². The fraction of sp³-hybridized carbons (Fsp3) is 0.379. The van der Waals surface area contributed by atoms with Crippen LogP contribution in [0.2, 0.25) is 0 Å². The normalized spacial score (nSPS) is 11.6. The molecule has 0 unspecified atom stereocenters. The molecule has 0 spiro atoms. The first-order valence-electron chi connectivity index (χ1n) is 12.8. The number of nitrogens with zero attached hydrogens (tertiary/aromatic N) is 4. The van der Waals surface area contributed by atoms with E-state index in [9.17, 15) is 9.59 Å². The Labute approximate surface area is 217 Å². The molecule has 37 heavy (non-hydrogen) atoms. The van der Waals surface area contributed by atoms with Gasteiger partial charge in [0, 0.05) is 25.0 Å². The predicted octanol–water partition coefficient (Wildman–Crippen LogP) is 5.12. The Morgan fingerprint density at radius 3 is 2.49 bits per heavy atom. The van der Waals surface area contributed by atoms with Gasteiger partial charge >= 0.3 is 6.09 Å². The molecule has 0 bridgehead atoms. The summed E-state index contributed by atoms with van der Waals surface area (Å²) >= 11 is 0. The van der Waals surface area contributed by atoms with Gasteiger partial charge in [-0.3, -0.25) is 9.36 Å². The van der Waals surface area contributed by atoms with Gasteiger partial charge in [0.1, 0.15) is 5.60 Å². The van der Waals surface area contributed by atoms with E-state index in [0.29, 0.717) is 49.6 Å². The Morgan fingerprint density at radius 2 is 1.76 bits per heavy atom. The van der Waals surface area contributed by atoms with Gasteiger partial charge in [0.15, 0.2) is 5.65 Å². The van der Waals surface area contributed by atoms with E-state index in [0.717, 1.165) is 22.9 Å². The highest BCUT2D eigenvalue weighted by Gasteiger charge is 2.19. The molecule has 1 N–H and O–H groups in total. The molecule has 0 fully saturated rings. The van der Waals surface area contributed by atoms with Gasteiger partial charge in [-0.25, -0.2) is 9.78 Å². The molecule has 4 aromatic rings. The van der Waals surface area contributed by atoms with Crippen LogP contribution in [0.25, 0.3) is 21.9 Å². The molecule has 4 rings (SSSR count). The van der Waals surface area contributed by atoms with Gasteiger partial charge in [-0.2, -0.15) is 4.98 Å². The Morgan fingerprint density at radius 1 is 1.03 bits per heavy atom. The van der Waals surface area contributed by atoms with Crippen molar-refractivity contribution in [3.05, 3.63) is 76.6 Å². The zero-order valence-electron chi connectivity index (χ0n) is 22.0. The van der Waals surface area contributed by atoms with E-state index in [-0.39, 0.29) is 5.56 Å². The zero-order chi connectivity index (χ0) is 26.4. The molecule has 0 radical (unpaired) electrons. The first kappa shape index (κ1) is 26.1. The summed E-state index contributed by atoms with van der Waals surface area (Å²) in [7, 11) is 0. The number of carbonyl (C=O) groups excluding carboxylic acids is 1. The molecule has 0 aliphatic heterocycles. The summed E-state index contributed by atoms with van der Waals surface area (Å²) in [6.07, 6.45) is 1.11. The summed E-state index contributed by atoms with van der Waals surface area (Å²) in [4.78, 5) is 37.6. The third-order valence-electron chi connectivity index (χ3n) is 5.86. The SMILES string of the molecule is CCCN(CCCNC(=O)OC(C)(C)C)c1nc2nc3ccccc3cc2c(=O)n1Cc1ccccc1. The predicted molar refractivity (Wildman–Crippen MR) is 148 cm³/mol. The van der Waals surface area contributed by atoms with Crippen molar-refractivity contribution in [2.75, 3.05) is 24.5 Å². The maximum Gasteiger partial charge on any atom is 0.407 e. The lowest BCUT2D eigenvalue weighted by atomic mass is 10.2. The summed E-state index contributed by atoms with van der Waals surface area (Å²) in [6.45, 7) is 9.80. The Hall–Kier alpha value is -3.94. The molecule has 2 aromatic carbocycles. The number of nitrogens with one attached hydrogen (secondary N) is 1. The maximum atomic E-state index is 13.8. The summed E-state index contributed by atoms with van der Waals surface area (Å²) in [5.74, 6) is 0.586. The van der Waals surface area contributed by atoms with Crippen LogP contribution in [-0.4, -0.2) is 45.9 Å². The van der Waals surface area contributed by atoms with Crippen molar-refractivity contribution in [1.82, 2.24) is 19.9 Å². The van der Waals surface area contributed by atoms with Gasteiger partial charge < -0.3 is 15.0 Å². The molecule has 2 heterocycles. The first-order valence-corrected chi connectivity index (χ1v) is 12.8. The number of anilines is 1. The van der Waals surface area contributed by atoms with Gasteiger partial charge in [-0.05, 0) is 51.3 Å². The molecule has 8 heteroatoms. The summed E-state index contributed by atoms with van der Waals surface area (Å²) in [6, 6.07) is 19.5. The number of benzene rings is 2. The standard InChI is InChI=1S/C29H35N5O3/c1-5-17-33(18-11-16-30-28(36)37-29(2,3)4)27-32-25-23(19-22-14-9-10-15-24(22)31-25)26(35)34(27)20-21-12-7-6-8-13-21/h6-10,12-15,19H,5,11,16-18,20H2,1-4H3,(H,30,36). The second kappa shape index (κ2) is 11.4. The fourth-order valence-electron chi connectivity index (χ4n) is 4.25. The number of carbonyl (C=O) groups is 1. The molecule has 0 saturated carbocycles. The Kier molecular flexibility index (Phi) is 8.06. The number of alkyl carbamates (subject to hydrolysis) is 1. The van der Waals surface area contributed by atoms with Crippen LogP contribution >= 0.6 is 0 Å². The molecule has 0 aliphatic carbocycles. The van der Waals surface area contributed by atoms with E-state index >= 15 is 0 Å². The van der Waals surface area contributed by atoms with Crippen molar-refractivity contribution in [1.29, 1.82) is 0 Å². The van der Waals surface area contributed by atoms with E-state index in [1.807, 2.05) is 81.4 Å². The highest BCUT2D eigenvalue weighted by molar-refractivity contribution is 5.90. The fourth-order valence-corrected chi connectivity index (χ4v) is 4.25. The van der Waals surface area contributed by atoms with E-state index < -0.39 is 11.7 Å². The van der Waals surface area contributed by atoms with Gasteiger partial charge in [0.05, 0.1) is 17.4 Å². The third-order valence-corrected chi connectivity index (χ3v) is 5.86. The molecule has 0 atom stereocenters. The zero-order valence-corrected chi connectivity index (χ0v) is 22.0. The lowest BCUT2D eigenvalue weighted by Gasteiger charge is -2.26. The number of pyridine rings is 1. The molecule has 0 aliphatic rings. The van der Waals surface area contributed by atoms with Crippen LogP contribution < -0.4 is 15.8 Å². The van der Waals surface area contributed by atoms with E-state index in [1.54, 1.807) is 4.57 Å². The number of hydrogen-bond acceptors (Lipinski definition) is 6. The second-order valence-corrected chi connectivity index (χ2v) is 10.1. The number of fused-ring (bicyclic) bond motifs is 2. The van der Waals surface area contributed by atoms with Gasteiger partial charge in [-0.15, -0.1) is 0 Å². The number of amides is 1. The van der Waals surface area contributed by atoms with Crippen LogP contribution in [0.1, 0.15) is 46.1 Å². The first-order chi connectivity index (χ1) is 17.7. The van der Waals surface area contributed by atoms with Crippen LogP contribution in [0.4, 0.5) is 10.7 Å². The van der Waals surface area contributed by atoms with Crippen molar-refractivity contribution >= 4 is 34.0 Å². The lowest BCUT2D eigenvalue weighted by Crippen LogP contribution is -2.37. The smallest absolute Gasteiger partial charge is 0.407 e. The Balaban J connectivity index is 1.68. The van der Waals surface area contributed by atoms with E-state index in [4.69, 9.17) is 14.7 Å². The number of hydrogen-bond donors (Lipinski definition) is 1. The van der Waals surface area contributed by atoms with E-state index in [1.165, 1.54) is 0 Å². The van der Waals surface area contributed by atoms with Crippen molar-refractivity contribution < 1.29 is 9.53 Å². The van der Waals surface area contributed by atoms with Crippen molar-refractivity contribution in [3.8, 4) is 0 Å². The highest BCUT2D eigenvalue weighted by atomic mass is 16.6. The maximum absolute atomic E-state index is 13.8. The third kappa shape index (κ3) is 6.64. The molecule has 8 nitrogen and oxygen atoms in total. The van der Waals surface area contributed by atoms with Crippen molar-refractivity contribution in [3.63, 3.8) is 0 Å². The second-order valence-electron chi connectivity index (χ2n) is 10.1. The summed E-state index contributed by atoms with van der Waals surface area (Å²) in [5.41, 5.74) is 1.60. The van der Waals surface area contributed by atoms with Crippen LogP contribution in [-0.2, 0) is 11.3 Å². The van der Waals surface area contributed by atoms with Gasteiger partial charge in [0.2, 0.25) is 5.95 Å². The average Bonchev–Trinajstić information content (AvgIpc) is 2.86. The van der Waals surface area contributed by atoms with Crippen LogP contribution in [0.15, 0.2) is 65.5 Å². The number of aromatic nitrogens is 3. The van der Waals surface area contributed by atoms with Crippen LogP contribution in [0.3, 0.4) is 0 Å². The minimum Gasteiger partial charge on any atom is -0.444 e. The van der Waals surface area contributed by atoms with Crippen molar-refractivity contribution in [2.45, 2.75) is 52.7 Å². The van der Waals surface area contributed by atoms with E-state index in [2.05, 4.69) is 17.1 Å². The molecular weight excluding hydrogens is 466 g/mol. The van der Waals surface area contributed by atoms with Crippen molar-refractivity contribution in [2.24, 2.45) is 0 Å². The summed E-state index contributed by atoms with van der Waals surface area (Å²) < 4.78 is 7.07. The topological polar surface area (TPSA) is 89.4 Å². The monoisotopic (exact) mass is 501 g/mol. The minimum absolute atomic E-state index is 0.116. The lowest BCUT2D eigenvalue weighted by molar-refractivity contribution is 0.0527. The number of para-hydroxylation sites is 1. The molecule has 2 aromatic heterocycles. The molecule has 1 amide bonds. The molecular formula is C29H35N5O3.